The molecule has 84 valence electrons. The fourth-order valence-corrected chi connectivity index (χ4v) is 0.991. The van der Waals surface area contributed by atoms with Crippen LogP contribution in [0.3, 0.4) is 0 Å². The number of hydrogen-bond acceptors (Lipinski definition) is 5. The Morgan fingerprint density at radius 3 is 2.13 bits per heavy atom. The average molecular weight is 214 g/mol. The van der Waals surface area contributed by atoms with E-state index in [0.29, 0.717) is 0 Å². The van der Waals surface area contributed by atoms with Gasteiger partial charge < -0.3 is 9.47 Å². The Morgan fingerprint density at radius 1 is 1.33 bits per heavy atom. The molecule has 15 heavy (non-hydrogen) atoms. The van der Waals surface area contributed by atoms with E-state index in [4.69, 9.17) is 0 Å². The van der Waals surface area contributed by atoms with Crippen LogP contribution in [0.15, 0.2) is 12.7 Å². The van der Waals surface area contributed by atoms with Crippen LogP contribution >= 0.6 is 0 Å². The standard InChI is InChI=1S/C10H14O5/c1-5-10(7(3)11,15-8(4)12)9(13)14-6-2/h5H,1,6H2,2-4H3. The maximum atomic E-state index is 11.5. The molecular weight excluding hydrogens is 200 g/mol. The van der Waals surface area contributed by atoms with E-state index in [1.807, 2.05) is 0 Å². The highest BCUT2D eigenvalue weighted by Crippen LogP contribution is 2.17. The molecule has 0 spiro atoms. The van der Waals surface area contributed by atoms with Crippen molar-refractivity contribution in [2.24, 2.45) is 0 Å². The highest BCUT2D eigenvalue weighted by molar-refractivity contribution is 6.09. The van der Waals surface area contributed by atoms with Gasteiger partial charge in [-0.25, -0.2) is 4.79 Å². The largest absolute Gasteiger partial charge is 0.462 e. The molecule has 0 aromatic carbocycles. The number of esters is 2. The quantitative estimate of drug-likeness (QED) is 0.381. The number of ketones is 1. The monoisotopic (exact) mass is 214 g/mol. The van der Waals surface area contributed by atoms with Gasteiger partial charge in [-0.1, -0.05) is 6.58 Å². The number of ether oxygens (including phenoxy) is 2. The second-order valence-electron chi connectivity index (χ2n) is 2.81. The minimum absolute atomic E-state index is 0.0863. The normalized spacial score (nSPS) is 13.5. The molecular formula is C10H14O5. The predicted octanol–water partition coefficient (Wildman–Crippen LogP) is 0.626. The number of hydrogen-bond donors (Lipinski definition) is 0. The Bertz CT molecular complexity index is 294. The van der Waals surface area contributed by atoms with Gasteiger partial charge in [-0.3, -0.25) is 9.59 Å². The lowest BCUT2D eigenvalue weighted by atomic mass is 9.99. The van der Waals surface area contributed by atoms with Gasteiger partial charge >= 0.3 is 11.9 Å². The zero-order valence-corrected chi connectivity index (χ0v) is 9.03. The third-order valence-corrected chi connectivity index (χ3v) is 1.69. The van der Waals surface area contributed by atoms with Gasteiger partial charge in [0.2, 0.25) is 0 Å². The first-order valence-electron chi connectivity index (χ1n) is 4.42. The van der Waals surface area contributed by atoms with E-state index in [9.17, 15) is 14.4 Å². The van der Waals surface area contributed by atoms with Crippen LogP contribution in [-0.2, 0) is 23.9 Å². The summed E-state index contributed by atoms with van der Waals surface area (Å²) in [7, 11) is 0. The summed E-state index contributed by atoms with van der Waals surface area (Å²) in [6.07, 6.45) is 0.967. The lowest BCUT2D eigenvalue weighted by Crippen LogP contribution is -2.48. The second kappa shape index (κ2) is 5.29. The van der Waals surface area contributed by atoms with E-state index in [2.05, 4.69) is 16.1 Å². The van der Waals surface area contributed by atoms with Crippen LogP contribution in [0.25, 0.3) is 0 Å². The molecule has 0 heterocycles. The number of carbonyl (C=O) groups excluding carboxylic acids is 3. The van der Waals surface area contributed by atoms with Gasteiger partial charge in [0.15, 0.2) is 5.78 Å². The Labute approximate surface area is 88.0 Å². The first-order chi connectivity index (χ1) is 6.90. The summed E-state index contributed by atoms with van der Waals surface area (Å²) in [5.41, 5.74) is -2.01. The number of Topliss-reactive ketones (excluding diaryl/α,β-unsaturated/α-hetero) is 1. The molecule has 0 aliphatic heterocycles. The van der Waals surface area contributed by atoms with Gasteiger partial charge in [0.1, 0.15) is 0 Å². The van der Waals surface area contributed by atoms with Crippen LogP contribution in [0.1, 0.15) is 20.8 Å². The van der Waals surface area contributed by atoms with Crippen LogP contribution in [-0.4, -0.2) is 29.9 Å². The summed E-state index contributed by atoms with van der Waals surface area (Å²) < 4.78 is 9.33. The van der Waals surface area contributed by atoms with Crippen LogP contribution < -0.4 is 0 Å². The van der Waals surface area contributed by atoms with Crippen molar-refractivity contribution in [3.63, 3.8) is 0 Å². The Hall–Kier alpha value is -1.65. The van der Waals surface area contributed by atoms with Crippen molar-refractivity contribution in [1.29, 1.82) is 0 Å². The van der Waals surface area contributed by atoms with Crippen molar-refractivity contribution in [3.8, 4) is 0 Å². The molecule has 0 bridgehead atoms. The maximum absolute atomic E-state index is 11.5. The minimum atomic E-state index is -2.01. The fraction of sp³-hybridized carbons (Fsp3) is 0.500. The zero-order valence-electron chi connectivity index (χ0n) is 9.03. The molecule has 0 saturated heterocycles. The molecule has 0 radical (unpaired) electrons. The van der Waals surface area contributed by atoms with Crippen molar-refractivity contribution in [1.82, 2.24) is 0 Å². The molecule has 1 unspecified atom stereocenters. The molecule has 5 nitrogen and oxygen atoms in total. The van der Waals surface area contributed by atoms with E-state index < -0.39 is 23.3 Å². The van der Waals surface area contributed by atoms with E-state index in [0.717, 1.165) is 19.9 Å². The lowest BCUT2D eigenvalue weighted by molar-refractivity contribution is -0.178. The molecule has 5 heteroatoms. The van der Waals surface area contributed by atoms with E-state index in [-0.39, 0.29) is 6.61 Å². The number of carbonyl (C=O) groups is 3. The van der Waals surface area contributed by atoms with Gasteiger partial charge in [0.25, 0.3) is 5.60 Å². The molecule has 0 amide bonds. The Morgan fingerprint density at radius 2 is 1.87 bits per heavy atom. The first kappa shape index (κ1) is 13.4. The minimum Gasteiger partial charge on any atom is -0.462 e. The van der Waals surface area contributed by atoms with Gasteiger partial charge in [-0.15, -0.1) is 0 Å². The van der Waals surface area contributed by atoms with E-state index >= 15 is 0 Å². The molecule has 0 aromatic rings. The van der Waals surface area contributed by atoms with Crippen molar-refractivity contribution in [2.45, 2.75) is 26.4 Å². The molecule has 0 aliphatic carbocycles. The lowest BCUT2D eigenvalue weighted by Gasteiger charge is -2.24. The molecule has 1 atom stereocenters. The maximum Gasteiger partial charge on any atom is 0.362 e. The summed E-state index contributed by atoms with van der Waals surface area (Å²) in [5.74, 6) is -2.33. The van der Waals surface area contributed by atoms with Gasteiger partial charge in [0, 0.05) is 6.92 Å². The average Bonchev–Trinajstić information content (AvgIpc) is 2.13. The molecule has 0 fully saturated rings. The second-order valence-corrected chi connectivity index (χ2v) is 2.81. The van der Waals surface area contributed by atoms with E-state index in [1.54, 1.807) is 6.92 Å². The molecule has 0 aromatic heterocycles. The van der Waals surface area contributed by atoms with Crippen LogP contribution in [0, 0.1) is 0 Å². The van der Waals surface area contributed by atoms with Gasteiger partial charge in [-0.05, 0) is 19.9 Å². The topological polar surface area (TPSA) is 69.7 Å². The van der Waals surface area contributed by atoms with Crippen molar-refractivity contribution >= 4 is 17.7 Å². The smallest absolute Gasteiger partial charge is 0.362 e. The third kappa shape index (κ3) is 2.90. The summed E-state index contributed by atoms with van der Waals surface area (Å²) in [4.78, 5) is 33.6. The van der Waals surface area contributed by atoms with Crippen molar-refractivity contribution < 1.29 is 23.9 Å². The highest BCUT2D eigenvalue weighted by Gasteiger charge is 2.45. The number of rotatable bonds is 5. The Kier molecular flexibility index (Phi) is 4.70. The third-order valence-electron chi connectivity index (χ3n) is 1.69. The molecule has 0 N–H and O–H groups in total. The zero-order chi connectivity index (χ0) is 12.1. The molecule has 0 saturated carbocycles. The van der Waals surface area contributed by atoms with Gasteiger partial charge in [-0.2, -0.15) is 0 Å². The summed E-state index contributed by atoms with van der Waals surface area (Å²) in [6, 6.07) is 0. The van der Waals surface area contributed by atoms with Crippen LogP contribution in [0.5, 0.6) is 0 Å². The SMILES string of the molecule is C=CC(OC(C)=O)(C(C)=O)C(=O)OCC. The first-order valence-corrected chi connectivity index (χ1v) is 4.42. The van der Waals surface area contributed by atoms with Crippen LogP contribution in [0.2, 0.25) is 0 Å². The highest BCUT2D eigenvalue weighted by atomic mass is 16.6. The summed E-state index contributed by atoms with van der Waals surface area (Å²) in [5, 5.41) is 0. The van der Waals surface area contributed by atoms with Crippen molar-refractivity contribution in [2.75, 3.05) is 6.61 Å². The van der Waals surface area contributed by atoms with Gasteiger partial charge in [0.05, 0.1) is 6.61 Å². The van der Waals surface area contributed by atoms with E-state index in [1.165, 1.54) is 0 Å². The molecule has 0 rings (SSSR count). The summed E-state index contributed by atoms with van der Waals surface area (Å²) in [6.45, 7) is 7.21. The van der Waals surface area contributed by atoms with Crippen LogP contribution in [0.4, 0.5) is 0 Å². The predicted molar refractivity (Wildman–Crippen MR) is 52.0 cm³/mol. The molecule has 0 aliphatic rings. The fourth-order valence-electron chi connectivity index (χ4n) is 0.991. The van der Waals surface area contributed by atoms with Crippen molar-refractivity contribution in [3.05, 3.63) is 12.7 Å². The Balaban J connectivity index is 5.14. The summed E-state index contributed by atoms with van der Waals surface area (Å²) >= 11 is 0.